The zero-order valence-electron chi connectivity index (χ0n) is 39.4. The summed E-state index contributed by atoms with van der Waals surface area (Å²) in [5, 5.41) is 18.6. The number of aryl methyl sites for hydroxylation is 1. The predicted molar refractivity (Wildman–Crippen MR) is 238 cm³/mol. The van der Waals surface area contributed by atoms with Crippen LogP contribution in [0, 0.1) is 31.1 Å². The van der Waals surface area contributed by atoms with Crippen LogP contribution in [0.5, 0.6) is 28.7 Å². The topological polar surface area (TPSA) is 226 Å². The molecule has 3 amide bonds. The van der Waals surface area contributed by atoms with Gasteiger partial charge in [-0.2, -0.15) is 5.26 Å². The molecular weight excluding hydrogens is 877 g/mol. The number of thioether (sulfide) groups is 1. The van der Waals surface area contributed by atoms with Crippen LogP contribution in [0.2, 0.25) is 0 Å². The number of ether oxygens (including phenoxy) is 8. The summed E-state index contributed by atoms with van der Waals surface area (Å²) >= 11 is 1.33. The molecule has 0 radical (unpaired) electrons. The molecule has 0 aliphatic carbocycles. The van der Waals surface area contributed by atoms with E-state index in [4.69, 9.17) is 37.9 Å². The van der Waals surface area contributed by atoms with Crippen LogP contribution < -0.4 is 39.6 Å². The average Bonchev–Trinajstić information content (AvgIpc) is 3.73. The number of hydrogen-bond acceptors (Lipinski definition) is 17. The summed E-state index contributed by atoms with van der Waals surface area (Å²) in [4.78, 5) is 71.7. The Labute approximate surface area is 388 Å². The first-order valence-corrected chi connectivity index (χ1v) is 23.0. The Morgan fingerprint density at radius 1 is 0.985 bits per heavy atom. The molecule has 5 heterocycles. The van der Waals surface area contributed by atoms with E-state index in [0.29, 0.717) is 46.1 Å². The number of nitrogens with one attached hydrogen (secondary N) is 3. The highest BCUT2D eigenvalue weighted by atomic mass is 32.2. The quantitative estimate of drug-likeness (QED) is 0.164. The van der Waals surface area contributed by atoms with E-state index in [1.54, 1.807) is 48.7 Å². The van der Waals surface area contributed by atoms with Crippen molar-refractivity contribution in [3.05, 3.63) is 39.4 Å². The van der Waals surface area contributed by atoms with E-state index in [1.807, 2.05) is 14.0 Å². The first-order valence-electron chi connectivity index (χ1n) is 22.0. The Morgan fingerprint density at radius 2 is 1.70 bits per heavy atom. The molecule has 19 nitrogen and oxygen atoms in total. The number of carbonyl (C=O) groups is 5. The predicted octanol–water partition coefficient (Wildman–Crippen LogP) is 4.05. The van der Waals surface area contributed by atoms with Gasteiger partial charge in [-0.05, 0) is 72.1 Å². The lowest BCUT2D eigenvalue weighted by Crippen LogP contribution is -2.69. The molecule has 20 heteroatoms. The molecule has 0 spiro atoms. The monoisotopic (exact) mass is 936 g/mol. The van der Waals surface area contributed by atoms with Gasteiger partial charge in [0.2, 0.25) is 18.6 Å². The lowest BCUT2D eigenvalue weighted by molar-refractivity contribution is -0.153. The number of esters is 2. The molecule has 0 aromatic heterocycles. The number of likely N-dealkylation sites (N-methyl/N-ethyl adjacent to an activating group) is 1. The van der Waals surface area contributed by atoms with E-state index in [9.17, 15) is 29.2 Å². The minimum absolute atomic E-state index is 0.0553. The normalized spacial score (nSPS) is 25.2. The summed E-state index contributed by atoms with van der Waals surface area (Å²) in [6.07, 6.45) is -0.315. The number of rotatable bonds is 11. The maximum atomic E-state index is 14.3. The molecule has 2 aromatic carbocycles. The highest BCUT2D eigenvalue weighted by Gasteiger charge is 2.61. The van der Waals surface area contributed by atoms with Crippen molar-refractivity contribution in [1.29, 1.82) is 5.26 Å². The number of alkyl carbamates (subject to hydrolysis) is 1. The maximum Gasteiger partial charge on any atom is 0.408 e. The fraction of sp³-hybridized carbons (Fsp3) is 0.609. The van der Waals surface area contributed by atoms with E-state index < -0.39 is 88.9 Å². The number of amides is 3. The molecule has 66 heavy (non-hydrogen) atoms. The van der Waals surface area contributed by atoms with Crippen LogP contribution in [0.1, 0.15) is 99.2 Å². The number of cyclic esters (lactones) is 1. The zero-order valence-corrected chi connectivity index (χ0v) is 40.3. The minimum atomic E-state index is -1.23. The third-order valence-electron chi connectivity index (χ3n) is 12.7. The molecule has 3 unspecified atom stereocenters. The smallest absolute Gasteiger partial charge is 0.408 e. The molecule has 9 atom stereocenters. The summed E-state index contributed by atoms with van der Waals surface area (Å²) in [6, 6.07) is -1.73. The standard InChI is InChI=1S/C46H60N6O13S/c1-20(2)33(50-42(54)23(5)48-45(57)65-46(7,8)9)43(55)49-26-17-66-41-32-31(40-38(62-19-63-40)22(4)37(32)64-24(6)53)29(16-60-44(26)56)52-28(15-47)27-14-25-13-21(3)36(59-12)39(61-18-58-11)30(25)34(35(41)52)51(27)10/h13,20,23,26-29,33-35,41H,14,16-19H2,1-12H3,(H,48,57)(H,49,55)(H,50,54)/t23?,26-,27-,28-,29+,33?,34-,35?,41+/m0/s1. The number of hydrogen-bond donors (Lipinski definition) is 3. The molecule has 2 saturated heterocycles. The van der Waals surface area contributed by atoms with E-state index in [1.165, 1.54) is 32.7 Å². The molecule has 5 aliphatic rings. The summed E-state index contributed by atoms with van der Waals surface area (Å²) in [7, 11) is 5.10. The van der Waals surface area contributed by atoms with Gasteiger partial charge in [-0.3, -0.25) is 24.2 Å². The lowest BCUT2D eigenvalue weighted by atomic mass is 9.71. The van der Waals surface area contributed by atoms with Crippen molar-refractivity contribution >= 4 is 41.6 Å². The first kappa shape index (κ1) is 48.4. The Hall–Kier alpha value is -5.49. The van der Waals surface area contributed by atoms with Gasteiger partial charge >= 0.3 is 18.0 Å². The third kappa shape index (κ3) is 8.89. The van der Waals surface area contributed by atoms with Crippen molar-refractivity contribution in [2.75, 3.05) is 47.2 Å². The number of piperazine rings is 1. The third-order valence-corrected chi connectivity index (χ3v) is 14.1. The van der Waals surface area contributed by atoms with Gasteiger partial charge in [0.15, 0.2) is 29.8 Å². The van der Waals surface area contributed by atoms with E-state index in [0.717, 1.165) is 16.7 Å². The minimum Gasteiger partial charge on any atom is -0.493 e. The van der Waals surface area contributed by atoms with Crippen LogP contribution in [0.15, 0.2) is 6.07 Å². The molecule has 7 rings (SSSR count). The van der Waals surface area contributed by atoms with Crippen LogP contribution in [0.4, 0.5) is 4.79 Å². The molecule has 4 bridgehead atoms. The van der Waals surface area contributed by atoms with Crippen LogP contribution in [-0.2, 0) is 39.8 Å². The highest BCUT2D eigenvalue weighted by molar-refractivity contribution is 7.99. The number of methoxy groups -OCH3 is 2. The molecule has 358 valence electrons. The lowest BCUT2D eigenvalue weighted by Gasteiger charge is -2.61. The molecule has 2 fully saturated rings. The van der Waals surface area contributed by atoms with Crippen molar-refractivity contribution in [2.24, 2.45) is 5.92 Å². The largest absolute Gasteiger partial charge is 0.493 e. The Kier molecular flexibility index (Phi) is 14.0. The first-order chi connectivity index (χ1) is 31.2. The molecule has 5 aliphatic heterocycles. The van der Waals surface area contributed by atoms with Gasteiger partial charge in [0.1, 0.15) is 42.1 Å². The van der Waals surface area contributed by atoms with Crippen LogP contribution in [0.3, 0.4) is 0 Å². The number of nitrogens with zero attached hydrogens (tertiary/aromatic N) is 3. The van der Waals surface area contributed by atoms with Gasteiger partial charge in [-0.25, -0.2) is 9.59 Å². The zero-order chi connectivity index (χ0) is 48.1. The van der Waals surface area contributed by atoms with Gasteiger partial charge < -0.3 is 53.8 Å². The van der Waals surface area contributed by atoms with Crippen molar-refractivity contribution < 1.29 is 61.9 Å². The fourth-order valence-electron chi connectivity index (χ4n) is 9.93. The number of nitriles is 1. The van der Waals surface area contributed by atoms with Crippen molar-refractivity contribution in [1.82, 2.24) is 25.8 Å². The van der Waals surface area contributed by atoms with Crippen molar-refractivity contribution in [3.8, 4) is 34.8 Å². The van der Waals surface area contributed by atoms with E-state index >= 15 is 0 Å². The van der Waals surface area contributed by atoms with Gasteiger partial charge in [0, 0.05) is 54.1 Å². The maximum absolute atomic E-state index is 14.3. The second kappa shape index (κ2) is 19.0. The van der Waals surface area contributed by atoms with Crippen molar-refractivity contribution in [2.45, 2.75) is 128 Å². The molecule has 0 saturated carbocycles. The Bertz CT molecular complexity index is 2330. The van der Waals surface area contributed by atoms with Gasteiger partial charge in [0.25, 0.3) is 0 Å². The Balaban J connectivity index is 1.34. The Morgan fingerprint density at radius 3 is 2.33 bits per heavy atom. The second-order valence-electron chi connectivity index (χ2n) is 18.6. The molecule has 3 N–H and O–H groups in total. The molecule has 2 aromatic rings. The second-order valence-corrected chi connectivity index (χ2v) is 19.7. The summed E-state index contributed by atoms with van der Waals surface area (Å²) < 4.78 is 47.7. The van der Waals surface area contributed by atoms with Gasteiger partial charge in [-0.15, -0.1) is 11.8 Å². The van der Waals surface area contributed by atoms with Gasteiger partial charge in [0.05, 0.1) is 30.5 Å². The summed E-state index contributed by atoms with van der Waals surface area (Å²) in [6.45, 7) is 14.6. The number of fused-ring (bicyclic) bond motifs is 9. The van der Waals surface area contributed by atoms with Crippen LogP contribution >= 0.6 is 11.8 Å². The average molecular weight is 937 g/mol. The van der Waals surface area contributed by atoms with Crippen LogP contribution in [-0.4, -0.2) is 129 Å². The summed E-state index contributed by atoms with van der Waals surface area (Å²) in [5.74, 6) is -1.03. The van der Waals surface area contributed by atoms with Crippen LogP contribution in [0.25, 0.3) is 0 Å². The molecular formula is C46H60N6O13S. The van der Waals surface area contributed by atoms with E-state index in [-0.39, 0.29) is 37.7 Å². The van der Waals surface area contributed by atoms with E-state index in [2.05, 4.69) is 37.9 Å². The SMILES string of the molecule is COCOc1c(OC)c(C)cc2c1[C@H]1C3[C@@H]4SC[C@H](NC(=O)C(NC(=O)C(C)NC(=O)OC(C)(C)C)C(C)C)C(=O)OC[C@H](c5c6c(c(C)c(OC(C)=O)c54)OCO6)N3[C@@H](C#N)[C@H](C2)N1C. The summed E-state index contributed by atoms with van der Waals surface area (Å²) in [5.41, 5.74) is 3.57. The number of benzene rings is 2. The van der Waals surface area contributed by atoms with Crippen molar-refractivity contribution in [3.63, 3.8) is 0 Å². The highest BCUT2D eigenvalue weighted by Crippen LogP contribution is 2.64. The number of carbonyl (C=O) groups excluding carboxylic acids is 5. The van der Waals surface area contributed by atoms with Gasteiger partial charge in [-0.1, -0.05) is 19.9 Å². The fourth-order valence-corrected chi connectivity index (χ4v) is 11.4.